The lowest BCUT2D eigenvalue weighted by molar-refractivity contribution is 0.513. The molecule has 2 rings (SSSR count). The van der Waals surface area contributed by atoms with Crippen LogP contribution in [0.5, 0.6) is 0 Å². The molecule has 0 fully saturated rings. The van der Waals surface area contributed by atoms with Gasteiger partial charge in [0.15, 0.2) is 0 Å². The molecule has 0 bridgehead atoms. The first kappa shape index (κ1) is 12.2. The Morgan fingerprint density at radius 3 is 2.71 bits per heavy atom. The zero-order valence-electron chi connectivity index (χ0n) is 11.1. The van der Waals surface area contributed by atoms with Crippen molar-refractivity contribution in [2.45, 2.75) is 46.6 Å². The second-order valence-corrected chi connectivity index (χ2v) is 5.12. The Bertz CT molecular complexity index is 483. The molecule has 0 aliphatic rings. The summed E-state index contributed by atoms with van der Waals surface area (Å²) in [6.07, 6.45) is 3.55. The van der Waals surface area contributed by atoms with Gasteiger partial charge in [-0.1, -0.05) is 39.3 Å². The van der Waals surface area contributed by atoms with Crippen molar-refractivity contribution in [3.8, 4) is 0 Å². The van der Waals surface area contributed by atoms with E-state index in [0.29, 0.717) is 5.92 Å². The van der Waals surface area contributed by atoms with Crippen LogP contribution in [0.3, 0.4) is 0 Å². The fourth-order valence-electron chi connectivity index (χ4n) is 2.22. The van der Waals surface area contributed by atoms with Gasteiger partial charge in [0.05, 0.1) is 11.0 Å². The van der Waals surface area contributed by atoms with Gasteiger partial charge in [-0.25, -0.2) is 4.98 Å². The summed E-state index contributed by atoms with van der Waals surface area (Å²) in [7, 11) is 0. The summed E-state index contributed by atoms with van der Waals surface area (Å²) in [5.41, 5.74) is 2.42. The Kier molecular flexibility index (Phi) is 3.82. The van der Waals surface area contributed by atoms with Gasteiger partial charge < -0.3 is 4.57 Å². The summed E-state index contributed by atoms with van der Waals surface area (Å²) in [5, 5.41) is 0. The van der Waals surface area contributed by atoms with Crippen molar-refractivity contribution in [3.63, 3.8) is 0 Å². The summed E-state index contributed by atoms with van der Waals surface area (Å²) < 4.78 is 2.40. The summed E-state index contributed by atoms with van der Waals surface area (Å²) in [5.74, 6) is 1.91. The minimum absolute atomic E-state index is 0.660. The first-order valence-electron chi connectivity index (χ1n) is 6.66. The standard InChI is InChI=1S/C15H22N2/c1-4-5-10-15-16-13-8-6-7-9-14(13)17(15)11-12(2)3/h6-9,12H,4-5,10-11H2,1-3H3. The number of imidazole rings is 1. The number of benzene rings is 1. The van der Waals surface area contributed by atoms with E-state index < -0.39 is 0 Å². The van der Waals surface area contributed by atoms with Crippen LogP contribution < -0.4 is 0 Å². The Balaban J connectivity index is 2.41. The second-order valence-electron chi connectivity index (χ2n) is 5.12. The summed E-state index contributed by atoms with van der Waals surface area (Å²) in [6.45, 7) is 7.83. The normalized spacial score (nSPS) is 11.5. The van der Waals surface area contributed by atoms with E-state index in [4.69, 9.17) is 4.98 Å². The van der Waals surface area contributed by atoms with Crippen molar-refractivity contribution in [2.75, 3.05) is 0 Å². The molecule has 2 aromatic rings. The van der Waals surface area contributed by atoms with Gasteiger partial charge in [0.2, 0.25) is 0 Å². The number of hydrogen-bond acceptors (Lipinski definition) is 1. The molecule has 92 valence electrons. The van der Waals surface area contributed by atoms with Gasteiger partial charge in [-0.2, -0.15) is 0 Å². The third-order valence-electron chi connectivity index (χ3n) is 3.04. The molecular formula is C15H22N2. The Hall–Kier alpha value is -1.31. The maximum atomic E-state index is 4.77. The monoisotopic (exact) mass is 230 g/mol. The fourth-order valence-corrected chi connectivity index (χ4v) is 2.22. The lowest BCUT2D eigenvalue weighted by Gasteiger charge is -2.11. The van der Waals surface area contributed by atoms with Crippen LogP contribution in [0.4, 0.5) is 0 Å². The number of fused-ring (bicyclic) bond motifs is 1. The third kappa shape index (κ3) is 2.68. The van der Waals surface area contributed by atoms with E-state index in [2.05, 4.69) is 49.6 Å². The first-order valence-corrected chi connectivity index (χ1v) is 6.66. The van der Waals surface area contributed by atoms with Crippen LogP contribution in [0.2, 0.25) is 0 Å². The zero-order chi connectivity index (χ0) is 12.3. The van der Waals surface area contributed by atoms with E-state index in [-0.39, 0.29) is 0 Å². The molecule has 0 amide bonds. The summed E-state index contributed by atoms with van der Waals surface area (Å²) in [6, 6.07) is 8.46. The van der Waals surface area contributed by atoms with Crippen molar-refractivity contribution in [1.82, 2.24) is 9.55 Å². The molecule has 0 radical (unpaired) electrons. The largest absolute Gasteiger partial charge is 0.328 e. The lowest BCUT2D eigenvalue weighted by Crippen LogP contribution is -2.08. The molecule has 1 aromatic heterocycles. The van der Waals surface area contributed by atoms with E-state index in [9.17, 15) is 0 Å². The number of nitrogens with zero attached hydrogens (tertiary/aromatic N) is 2. The second kappa shape index (κ2) is 5.35. The van der Waals surface area contributed by atoms with Crippen LogP contribution in [-0.4, -0.2) is 9.55 Å². The number of para-hydroxylation sites is 2. The van der Waals surface area contributed by atoms with Gasteiger partial charge in [-0.05, 0) is 24.5 Å². The van der Waals surface area contributed by atoms with Crippen molar-refractivity contribution < 1.29 is 0 Å². The minimum Gasteiger partial charge on any atom is -0.328 e. The zero-order valence-corrected chi connectivity index (χ0v) is 11.1. The molecule has 0 spiro atoms. The SMILES string of the molecule is CCCCc1nc2ccccc2n1CC(C)C. The quantitative estimate of drug-likeness (QED) is 0.758. The van der Waals surface area contributed by atoms with Crippen molar-refractivity contribution >= 4 is 11.0 Å². The molecule has 2 nitrogen and oxygen atoms in total. The van der Waals surface area contributed by atoms with Crippen LogP contribution in [-0.2, 0) is 13.0 Å². The number of hydrogen-bond donors (Lipinski definition) is 0. The topological polar surface area (TPSA) is 17.8 Å². The van der Waals surface area contributed by atoms with Gasteiger partial charge in [0.25, 0.3) is 0 Å². The smallest absolute Gasteiger partial charge is 0.109 e. The molecule has 0 saturated carbocycles. The molecule has 2 heteroatoms. The van der Waals surface area contributed by atoms with Crippen molar-refractivity contribution in [2.24, 2.45) is 5.92 Å². The molecular weight excluding hydrogens is 208 g/mol. The fraction of sp³-hybridized carbons (Fsp3) is 0.533. The van der Waals surface area contributed by atoms with Crippen LogP contribution in [0.15, 0.2) is 24.3 Å². The number of rotatable bonds is 5. The van der Waals surface area contributed by atoms with E-state index in [1.165, 1.54) is 24.2 Å². The molecule has 0 atom stereocenters. The average Bonchev–Trinajstić information content (AvgIpc) is 2.64. The molecule has 0 aliphatic heterocycles. The van der Waals surface area contributed by atoms with E-state index in [1.807, 2.05) is 0 Å². The van der Waals surface area contributed by atoms with E-state index >= 15 is 0 Å². The highest BCUT2D eigenvalue weighted by atomic mass is 15.1. The van der Waals surface area contributed by atoms with Crippen molar-refractivity contribution in [3.05, 3.63) is 30.1 Å². The Morgan fingerprint density at radius 1 is 1.24 bits per heavy atom. The number of unbranched alkanes of at least 4 members (excludes halogenated alkanes) is 1. The van der Waals surface area contributed by atoms with Gasteiger partial charge in [0, 0.05) is 13.0 Å². The molecule has 0 saturated heterocycles. The highest BCUT2D eigenvalue weighted by Crippen LogP contribution is 2.19. The highest BCUT2D eigenvalue weighted by molar-refractivity contribution is 5.75. The lowest BCUT2D eigenvalue weighted by atomic mass is 10.2. The summed E-state index contributed by atoms with van der Waals surface area (Å²) >= 11 is 0. The van der Waals surface area contributed by atoms with E-state index in [0.717, 1.165) is 18.5 Å². The predicted molar refractivity (Wildman–Crippen MR) is 73.2 cm³/mol. The van der Waals surface area contributed by atoms with Crippen LogP contribution in [0.1, 0.15) is 39.4 Å². The number of aryl methyl sites for hydroxylation is 1. The highest BCUT2D eigenvalue weighted by Gasteiger charge is 2.10. The molecule has 1 heterocycles. The molecule has 0 N–H and O–H groups in total. The van der Waals surface area contributed by atoms with E-state index in [1.54, 1.807) is 0 Å². The van der Waals surface area contributed by atoms with Gasteiger partial charge in [0.1, 0.15) is 5.82 Å². The van der Waals surface area contributed by atoms with Gasteiger partial charge in [-0.15, -0.1) is 0 Å². The average molecular weight is 230 g/mol. The third-order valence-corrected chi connectivity index (χ3v) is 3.04. The minimum atomic E-state index is 0.660. The van der Waals surface area contributed by atoms with Crippen LogP contribution >= 0.6 is 0 Å². The summed E-state index contributed by atoms with van der Waals surface area (Å²) in [4.78, 5) is 4.77. The molecule has 0 unspecified atom stereocenters. The van der Waals surface area contributed by atoms with Crippen LogP contribution in [0, 0.1) is 5.92 Å². The van der Waals surface area contributed by atoms with Gasteiger partial charge in [-0.3, -0.25) is 0 Å². The molecule has 17 heavy (non-hydrogen) atoms. The maximum Gasteiger partial charge on any atom is 0.109 e. The van der Waals surface area contributed by atoms with Crippen molar-refractivity contribution in [1.29, 1.82) is 0 Å². The Labute approximate surface area is 104 Å². The molecule has 1 aromatic carbocycles. The van der Waals surface area contributed by atoms with Crippen LogP contribution in [0.25, 0.3) is 11.0 Å². The predicted octanol–water partition coefficient (Wildman–Crippen LogP) is 4.03. The maximum absolute atomic E-state index is 4.77. The first-order chi connectivity index (χ1) is 8.22. The number of aromatic nitrogens is 2. The van der Waals surface area contributed by atoms with Gasteiger partial charge >= 0.3 is 0 Å². The Morgan fingerprint density at radius 2 is 2.00 bits per heavy atom. The molecule has 0 aliphatic carbocycles.